The number of aliphatic hydroxyl groups is 3. The SMILES string of the molecule is CCCCCCC/C=C\C(CCCCCCCC(=O)OCCOC(=O)c1ccccc1C(=O)OCCO)C(CC(=O)OCCO)C(=O)OCCO. The molecule has 0 aliphatic heterocycles. The predicted octanol–water partition coefficient (Wildman–Crippen LogP) is 4.88. The molecule has 0 radical (unpaired) electrons. The van der Waals surface area contributed by atoms with Crippen molar-refractivity contribution in [1.29, 1.82) is 0 Å². The summed E-state index contributed by atoms with van der Waals surface area (Å²) >= 11 is 0. The van der Waals surface area contributed by atoms with E-state index in [0.717, 1.165) is 51.4 Å². The topological polar surface area (TPSA) is 192 Å². The molecule has 13 heteroatoms. The summed E-state index contributed by atoms with van der Waals surface area (Å²) in [4.78, 5) is 62.1. The van der Waals surface area contributed by atoms with Gasteiger partial charge >= 0.3 is 29.8 Å². The number of ether oxygens (including phenoxy) is 5. The number of esters is 5. The fraction of sp³-hybridized carbons (Fsp3) is 0.658. The summed E-state index contributed by atoms with van der Waals surface area (Å²) in [6.07, 6.45) is 15.1. The van der Waals surface area contributed by atoms with Crippen molar-refractivity contribution in [2.24, 2.45) is 11.8 Å². The molecule has 1 aromatic rings. The molecule has 3 N–H and O–H groups in total. The van der Waals surface area contributed by atoms with Crippen LogP contribution >= 0.6 is 0 Å². The predicted molar refractivity (Wildman–Crippen MR) is 188 cm³/mol. The Hall–Kier alpha value is -3.81. The molecule has 0 fully saturated rings. The van der Waals surface area contributed by atoms with Gasteiger partial charge < -0.3 is 39.0 Å². The summed E-state index contributed by atoms with van der Waals surface area (Å²) in [6, 6.07) is 5.97. The van der Waals surface area contributed by atoms with Crippen LogP contribution in [0, 0.1) is 11.8 Å². The van der Waals surface area contributed by atoms with E-state index in [1.165, 1.54) is 25.0 Å². The number of rotatable bonds is 30. The van der Waals surface area contributed by atoms with Crippen molar-refractivity contribution in [2.75, 3.05) is 52.9 Å². The number of hydrogen-bond donors (Lipinski definition) is 3. The molecular formula is C38H58O13. The fourth-order valence-corrected chi connectivity index (χ4v) is 5.30. The molecule has 0 aromatic heterocycles. The van der Waals surface area contributed by atoms with Crippen LogP contribution in [0.4, 0.5) is 0 Å². The van der Waals surface area contributed by atoms with Gasteiger partial charge in [-0.25, -0.2) is 9.59 Å². The third kappa shape index (κ3) is 21.2. The van der Waals surface area contributed by atoms with Crippen LogP contribution in [0.15, 0.2) is 36.4 Å². The number of carbonyl (C=O) groups excluding carboxylic acids is 5. The maximum atomic E-state index is 12.9. The lowest BCUT2D eigenvalue weighted by molar-refractivity contribution is -0.157. The molecule has 0 aliphatic rings. The van der Waals surface area contributed by atoms with Gasteiger partial charge in [-0.05, 0) is 43.7 Å². The first-order chi connectivity index (χ1) is 24.8. The summed E-state index contributed by atoms with van der Waals surface area (Å²) in [5.41, 5.74) is 0.0111. The van der Waals surface area contributed by atoms with Gasteiger partial charge in [0.25, 0.3) is 0 Å². The Labute approximate surface area is 301 Å². The van der Waals surface area contributed by atoms with Gasteiger partial charge in [-0.3, -0.25) is 14.4 Å². The number of allylic oxidation sites excluding steroid dienone is 2. The summed E-state index contributed by atoms with van der Waals surface area (Å²) in [6.45, 7) is 0.339. The Morgan fingerprint density at radius 2 is 1.16 bits per heavy atom. The largest absolute Gasteiger partial charge is 0.463 e. The quantitative estimate of drug-likeness (QED) is 0.0422. The van der Waals surface area contributed by atoms with Crippen LogP contribution in [0.3, 0.4) is 0 Å². The Kier molecular flexibility index (Phi) is 26.5. The molecule has 0 bridgehead atoms. The maximum absolute atomic E-state index is 12.9. The Bertz CT molecular complexity index is 1170. The zero-order valence-electron chi connectivity index (χ0n) is 30.1. The van der Waals surface area contributed by atoms with Crippen molar-refractivity contribution in [3.05, 3.63) is 47.5 Å². The lowest BCUT2D eigenvalue weighted by Crippen LogP contribution is -2.29. The lowest BCUT2D eigenvalue weighted by atomic mass is 9.84. The minimum Gasteiger partial charge on any atom is -0.463 e. The van der Waals surface area contributed by atoms with Crippen molar-refractivity contribution in [2.45, 2.75) is 96.8 Å². The van der Waals surface area contributed by atoms with E-state index in [1.54, 1.807) is 12.1 Å². The highest BCUT2D eigenvalue weighted by molar-refractivity contribution is 6.03. The van der Waals surface area contributed by atoms with E-state index >= 15 is 0 Å². The molecule has 0 heterocycles. The lowest BCUT2D eigenvalue weighted by Gasteiger charge is -2.23. The third-order valence-corrected chi connectivity index (χ3v) is 7.94. The molecule has 51 heavy (non-hydrogen) atoms. The molecule has 0 amide bonds. The Morgan fingerprint density at radius 3 is 1.82 bits per heavy atom. The number of carbonyl (C=O) groups is 5. The second-order valence-corrected chi connectivity index (χ2v) is 12.0. The number of aliphatic hydroxyl groups excluding tert-OH is 3. The van der Waals surface area contributed by atoms with E-state index in [1.807, 2.05) is 6.08 Å². The monoisotopic (exact) mass is 722 g/mol. The minimum absolute atomic E-state index is 0.00428. The smallest absolute Gasteiger partial charge is 0.339 e. The van der Waals surface area contributed by atoms with Crippen LogP contribution in [0.5, 0.6) is 0 Å². The van der Waals surface area contributed by atoms with Gasteiger partial charge in [-0.2, -0.15) is 0 Å². The maximum Gasteiger partial charge on any atom is 0.339 e. The highest BCUT2D eigenvalue weighted by atomic mass is 16.6. The average Bonchev–Trinajstić information content (AvgIpc) is 3.14. The van der Waals surface area contributed by atoms with Gasteiger partial charge in [-0.1, -0.05) is 82.6 Å². The molecule has 0 saturated heterocycles. The molecule has 13 nitrogen and oxygen atoms in total. The van der Waals surface area contributed by atoms with E-state index in [-0.39, 0.29) is 82.7 Å². The van der Waals surface area contributed by atoms with Gasteiger partial charge in [0, 0.05) is 6.42 Å². The molecule has 2 unspecified atom stereocenters. The molecule has 288 valence electrons. The van der Waals surface area contributed by atoms with E-state index in [0.29, 0.717) is 12.8 Å². The summed E-state index contributed by atoms with van der Waals surface area (Å²) in [5, 5.41) is 27.0. The first-order valence-corrected chi connectivity index (χ1v) is 18.2. The van der Waals surface area contributed by atoms with Gasteiger partial charge in [0.1, 0.15) is 33.0 Å². The average molecular weight is 723 g/mol. The summed E-state index contributed by atoms with van der Waals surface area (Å²) < 4.78 is 25.4. The van der Waals surface area contributed by atoms with Crippen LogP contribution in [0.25, 0.3) is 0 Å². The molecule has 2 atom stereocenters. The van der Waals surface area contributed by atoms with Crippen molar-refractivity contribution in [3.63, 3.8) is 0 Å². The van der Waals surface area contributed by atoms with E-state index < -0.39 is 35.8 Å². The fourth-order valence-electron chi connectivity index (χ4n) is 5.30. The van der Waals surface area contributed by atoms with E-state index in [4.69, 9.17) is 39.0 Å². The molecular weight excluding hydrogens is 664 g/mol. The van der Waals surface area contributed by atoms with Crippen LogP contribution in [0.2, 0.25) is 0 Å². The number of unbranched alkanes of at least 4 members (excludes halogenated alkanes) is 9. The highest BCUT2D eigenvalue weighted by Gasteiger charge is 2.31. The first-order valence-electron chi connectivity index (χ1n) is 18.2. The molecule has 1 aromatic carbocycles. The Balaban J connectivity index is 2.52. The van der Waals surface area contributed by atoms with E-state index in [9.17, 15) is 24.0 Å². The third-order valence-electron chi connectivity index (χ3n) is 7.94. The van der Waals surface area contributed by atoms with Gasteiger partial charge in [0.05, 0.1) is 43.3 Å². The Morgan fingerprint density at radius 1 is 0.627 bits per heavy atom. The molecule has 1 rings (SSSR count). The number of benzene rings is 1. The molecule has 0 spiro atoms. The highest BCUT2D eigenvalue weighted by Crippen LogP contribution is 2.27. The van der Waals surface area contributed by atoms with Gasteiger partial charge in [0.15, 0.2) is 0 Å². The standard InChI is InChI=1S/C38H58O13/c1-2-3-4-5-6-8-11-16-30(33(38(46)50-26-23-41)29-35(43)47-24-21-39)17-12-9-7-10-13-20-34(42)48-27-28-51-37(45)32-19-15-14-18-31(32)36(44)49-25-22-40/h11,14-16,18-19,30,33,39-41H,2-10,12-13,17,20-29H2,1H3/b16-11-. The minimum atomic E-state index is -0.781. The zero-order chi connectivity index (χ0) is 37.5. The zero-order valence-corrected chi connectivity index (χ0v) is 30.1. The summed E-state index contributed by atoms with van der Waals surface area (Å²) in [5.74, 6) is -4.17. The van der Waals surface area contributed by atoms with Gasteiger partial charge in [-0.15, -0.1) is 0 Å². The second kappa shape index (κ2) is 29.9. The van der Waals surface area contributed by atoms with Gasteiger partial charge in [0.2, 0.25) is 0 Å². The van der Waals surface area contributed by atoms with Crippen molar-refractivity contribution < 1.29 is 63.0 Å². The molecule has 0 saturated carbocycles. The van der Waals surface area contributed by atoms with Crippen LogP contribution in [0.1, 0.15) is 118 Å². The second-order valence-electron chi connectivity index (χ2n) is 12.0. The van der Waals surface area contributed by atoms with Crippen LogP contribution in [-0.4, -0.2) is 98.0 Å². The van der Waals surface area contributed by atoms with Crippen molar-refractivity contribution in [1.82, 2.24) is 0 Å². The van der Waals surface area contributed by atoms with Crippen molar-refractivity contribution in [3.8, 4) is 0 Å². The summed E-state index contributed by atoms with van der Waals surface area (Å²) in [7, 11) is 0. The molecule has 0 aliphatic carbocycles. The van der Waals surface area contributed by atoms with E-state index in [2.05, 4.69) is 13.0 Å². The normalized spacial score (nSPS) is 12.2. The number of hydrogen-bond acceptors (Lipinski definition) is 13. The van der Waals surface area contributed by atoms with Crippen LogP contribution < -0.4 is 0 Å². The van der Waals surface area contributed by atoms with Crippen LogP contribution in [-0.2, 0) is 38.1 Å². The first kappa shape index (κ1) is 45.2. The van der Waals surface area contributed by atoms with Crippen molar-refractivity contribution >= 4 is 29.8 Å².